The van der Waals surface area contributed by atoms with Crippen molar-refractivity contribution in [2.45, 2.75) is 39.5 Å². The number of fused-ring (bicyclic) bond motifs is 1. The second-order valence-corrected chi connectivity index (χ2v) is 6.23. The molecule has 0 amide bonds. The largest absolute Gasteiger partial charge is 0.481 e. The van der Waals surface area contributed by atoms with Crippen molar-refractivity contribution in [3.05, 3.63) is 21.6 Å². The minimum Gasteiger partial charge on any atom is -0.481 e. The molecule has 1 aliphatic rings. The van der Waals surface area contributed by atoms with Crippen LogP contribution in [0.2, 0.25) is 0 Å². The van der Waals surface area contributed by atoms with E-state index in [1.54, 1.807) is 6.92 Å². The van der Waals surface area contributed by atoms with Gasteiger partial charge in [0.2, 0.25) is 5.95 Å². The number of anilines is 1. The first-order valence-electron chi connectivity index (χ1n) is 7.90. The van der Waals surface area contributed by atoms with E-state index in [0.717, 1.165) is 25.9 Å². The Labute approximate surface area is 133 Å². The van der Waals surface area contributed by atoms with Crippen molar-refractivity contribution in [3.8, 4) is 0 Å². The van der Waals surface area contributed by atoms with Crippen LogP contribution in [-0.4, -0.2) is 43.7 Å². The van der Waals surface area contributed by atoms with Gasteiger partial charge >= 0.3 is 5.97 Å². The summed E-state index contributed by atoms with van der Waals surface area (Å²) in [6.07, 6.45) is 2.28. The van der Waals surface area contributed by atoms with E-state index in [4.69, 9.17) is 5.11 Å². The quantitative estimate of drug-likeness (QED) is 0.870. The minimum atomic E-state index is -0.929. The summed E-state index contributed by atoms with van der Waals surface area (Å²) >= 11 is 0. The summed E-state index contributed by atoms with van der Waals surface area (Å²) in [5.41, 5.74) is 0.701. The molecule has 2 aromatic rings. The Morgan fingerprint density at radius 3 is 2.70 bits per heavy atom. The van der Waals surface area contributed by atoms with E-state index in [1.807, 2.05) is 0 Å². The zero-order valence-electron chi connectivity index (χ0n) is 13.4. The van der Waals surface area contributed by atoms with Gasteiger partial charge in [0.1, 0.15) is 0 Å². The van der Waals surface area contributed by atoms with Gasteiger partial charge in [-0.15, -0.1) is 0 Å². The first kappa shape index (κ1) is 15.5. The Bertz CT molecular complexity index is 786. The molecule has 0 saturated carbocycles. The van der Waals surface area contributed by atoms with E-state index in [1.165, 1.54) is 4.52 Å². The number of carbonyl (C=O) groups is 1. The van der Waals surface area contributed by atoms with Crippen LogP contribution < -0.4 is 10.5 Å². The number of aromatic amines is 1. The Balaban J connectivity index is 1.95. The number of carboxylic acids is 1. The lowest BCUT2D eigenvalue weighted by atomic mass is 10.00. The maximum absolute atomic E-state index is 12.6. The molecule has 1 saturated heterocycles. The molecule has 3 rings (SSSR count). The first-order valence-corrected chi connectivity index (χ1v) is 7.90. The molecule has 2 N–H and O–H groups in total. The predicted octanol–water partition coefficient (Wildman–Crippen LogP) is 0.980. The number of H-pyrrole nitrogens is 1. The number of rotatable bonds is 4. The summed E-state index contributed by atoms with van der Waals surface area (Å²) in [4.78, 5) is 34.2. The molecule has 0 unspecified atom stereocenters. The number of hydrogen-bond donors (Lipinski definition) is 2. The summed E-state index contributed by atoms with van der Waals surface area (Å²) in [7, 11) is 0. The summed E-state index contributed by atoms with van der Waals surface area (Å²) in [5.74, 6) is 0.763. The maximum Gasteiger partial charge on any atom is 0.303 e. The van der Waals surface area contributed by atoms with Crippen LogP contribution in [-0.2, 0) is 11.2 Å². The lowest BCUT2D eigenvalue weighted by Crippen LogP contribution is -2.33. The molecule has 8 nitrogen and oxygen atoms in total. The average Bonchev–Trinajstić information content (AvgIpc) is 2.91. The van der Waals surface area contributed by atoms with Crippen molar-refractivity contribution < 1.29 is 9.90 Å². The fraction of sp³-hybridized carbons (Fsp3) is 0.600. The summed E-state index contributed by atoms with van der Waals surface area (Å²) in [5, 5.41) is 11.8. The Morgan fingerprint density at radius 1 is 1.35 bits per heavy atom. The fourth-order valence-electron chi connectivity index (χ4n) is 2.93. The van der Waals surface area contributed by atoms with Crippen LogP contribution in [0.25, 0.3) is 5.78 Å². The van der Waals surface area contributed by atoms with Crippen LogP contribution in [0.3, 0.4) is 0 Å². The third-order valence-electron chi connectivity index (χ3n) is 4.46. The normalized spacial score (nSPS) is 16.2. The molecule has 1 fully saturated rings. The van der Waals surface area contributed by atoms with Gasteiger partial charge in [-0.25, -0.2) is 4.98 Å². The van der Waals surface area contributed by atoms with Crippen molar-refractivity contribution >= 4 is 17.7 Å². The minimum absolute atomic E-state index is 0.0885. The van der Waals surface area contributed by atoms with E-state index in [-0.39, 0.29) is 18.4 Å². The van der Waals surface area contributed by atoms with Gasteiger partial charge in [0.15, 0.2) is 0 Å². The predicted molar refractivity (Wildman–Crippen MR) is 84.9 cm³/mol. The molecule has 124 valence electrons. The van der Waals surface area contributed by atoms with Gasteiger partial charge in [-0.05, 0) is 32.1 Å². The number of aryl methyl sites for hydroxylation is 1. The molecule has 0 spiro atoms. The van der Waals surface area contributed by atoms with E-state index in [9.17, 15) is 9.59 Å². The number of aliphatic carboxylic acids is 1. The van der Waals surface area contributed by atoms with Gasteiger partial charge < -0.3 is 10.0 Å². The van der Waals surface area contributed by atoms with Crippen LogP contribution in [0.4, 0.5) is 5.95 Å². The molecular weight excluding hydrogens is 298 g/mol. The molecule has 2 aromatic heterocycles. The number of piperidine rings is 1. The average molecular weight is 319 g/mol. The lowest BCUT2D eigenvalue weighted by molar-refractivity contribution is -0.136. The standard InChI is InChI=1S/C15H21N5O3/c1-9-5-7-19(8-6-9)15-17-14-16-10(2)11(3-4-12(21)22)13(23)20(14)18-15/h9H,3-8H2,1-2H3,(H,21,22)(H,16,17,18). The number of nitrogens with zero attached hydrogens (tertiary/aromatic N) is 4. The van der Waals surface area contributed by atoms with Gasteiger partial charge in [-0.3, -0.25) is 14.7 Å². The maximum atomic E-state index is 12.6. The monoisotopic (exact) mass is 319 g/mol. The van der Waals surface area contributed by atoms with Gasteiger partial charge in [-0.1, -0.05) is 6.92 Å². The molecule has 3 heterocycles. The molecule has 8 heteroatoms. The second kappa shape index (κ2) is 6.02. The van der Waals surface area contributed by atoms with E-state index in [2.05, 4.69) is 26.9 Å². The Kier molecular flexibility index (Phi) is 4.06. The van der Waals surface area contributed by atoms with Crippen molar-refractivity contribution in [1.29, 1.82) is 0 Å². The molecule has 1 aliphatic heterocycles. The molecule has 0 aliphatic carbocycles. The van der Waals surface area contributed by atoms with E-state index >= 15 is 0 Å². The van der Waals surface area contributed by atoms with Gasteiger partial charge in [-0.2, -0.15) is 9.50 Å². The molecule has 0 atom stereocenters. The molecular formula is C15H21N5O3. The smallest absolute Gasteiger partial charge is 0.303 e. The third-order valence-corrected chi connectivity index (χ3v) is 4.46. The number of nitrogens with one attached hydrogen (secondary N) is 1. The molecule has 0 aromatic carbocycles. The Morgan fingerprint density at radius 2 is 2.04 bits per heavy atom. The first-order chi connectivity index (χ1) is 11.0. The Hall–Kier alpha value is -2.38. The third kappa shape index (κ3) is 3.06. The second-order valence-electron chi connectivity index (χ2n) is 6.23. The van der Waals surface area contributed by atoms with Gasteiger partial charge in [0, 0.05) is 25.1 Å². The van der Waals surface area contributed by atoms with Crippen LogP contribution in [0.15, 0.2) is 4.79 Å². The number of aromatic nitrogens is 4. The fourth-order valence-corrected chi connectivity index (χ4v) is 2.93. The highest BCUT2D eigenvalue weighted by Crippen LogP contribution is 2.20. The highest BCUT2D eigenvalue weighted by Gasteiger charge is 2.20. The van der Waals surface area contributed by atoms with Crippen LogP contribution >= 0.6 is 0 Å². The van der Waals surface area contributed by atoms with Gasteiger partial charge in [0.05, 0.1) is 5.69 Å². The summed E-state index contributed by atoms with van der Waals surface area (Å²) < 4.78 is 1.32. The topological polar surface area (TPSA) is 104 Å². The summed E-state index contributed by atoms with van der Waals surface area (Å²) in [6.45, 7) is 5.76. The van der Waals surface area contributed by atoms with Crippen LogP contribution in [0.5, 0.6) is 0 Å². The van der Waals surface area contributed by atoms with Gasteiger partial charge in [0.25, 0.3) is 11.3 Å². The van der Waals surface area contributed by atoms with E-state index < -0.39 is 5.97 Å². The highest BCUT2D eigenvalue weighted by molar-refractivity contribution is 5.67. The number of carboxylic acid groups (broad SMARTS) is 1. The SMILES string of the molecule is Cc1nc2nc(N3CCC(C)CC3)[nH]n2c(=O)c1CCC(=O)O. The van der Waals surface area contributed by atoms with Crippen molar-refractivity contribution in [3.63, 3.8) is 0 Å². The van der Waals surface area contributed by atoms with Crippen molar-refractivity contribution in [2.75, 3.05) is 18.0 Å². The molecule has 0 bridgehead atoms. The zero-order valence-corrected chi connectivity index (χ0v) is 13.4. The summed E-state index contributed by atoms with van der Waals surface area (Å²) in [6, 6.07) is 0. The molecule has 0 radical (unpaired) electrons. The van der Waals surface area contributed by atoms with Crippen molar-refractivity contribution in [2.24, 2.45) is 5.92 Å². The molecule has 23 heavy (non-hydrogen) atoms. The highest BCUT2D eigenvalue weighted by atomic mass is 16.4. The zero-order chi connectivity index (χ0) is 16.6. The van der Waals surface area contributed by atoms with Crippen LogP contribution in [0, 0.1) is 12.8 Å². The van der Waals surface area contributed by atoms with E-state index in [0.29, 0.717) is 28.9 Å². The lowest BCUT2D eigenvalue weighted by Gasteiger charge is -2.29. The number of hydrogen-bond acceptors (Lipinski definition) is 5. The van der Waals surface area contributed by atoms with Crippen molar-refractivity contribution in [1.82, 2.24) is 19.6 Å². The van der Waals surface area contributed by atoms with Crippen LogP contribution in [0.1, 0.15) is 37.4 Å².